The summed E-state index contributed by atoms with van der Waals surface area (Å²) in [5.41, 5.74) is 3.77. The van der Waals surface area contributed by atoms with Crippen LogP contribution >= 0.6 is 0 Å². The van der Waals surface area contributed by atoms with Gasteiger partial charge in [0.1, 0.15) is 0 Å². The number of amides is 1. The number of pyridine rings is 1. The van der Waals surface area contributed by atoms with E-state index in [2.05, 4.69) is 29.4 Å². The highest BCUT2D eigenvalue weighted by Crippen LogP contribution is 2.16. The van der Waals surface area contributed by atoms with Crippen molar-refractivity contribution in [2.24, 2.45) is 0 Å². The van der Waals surface area contributed by atoms with Crippen LogP contribution in [0.5, 0.6) is 0 Å². The standard InChI is InChI=1S/C17H21N3O/c1-4-19-16-9-10-18-11-15(16)17(21)20(3)12-14-7-5-13(2)6-8-14/h5-11H,4,12H2,1-3H3,(H,18,19). The van der Waals surface area contributed by atoms with Gasteiger partial charge in [-0.3, -0.25) is 9.78 Å². The lowest BCUT2D eigenvalue weighted by Crippen LogP contribution is -2.27. The van der Waals surface area contributed by atoms with Crippen LogP contribution < -0.4 is 5.32 Å². The van der Waals surface area contributed by atoms with E-state index in [1.807, 2.05) is 32.2 Å². The van der Waals surface area contributed by atoms with Gasteiger partial charge in [-0.1, -0.05) is 29.8 Å². The summed E-state index contributed by atoms with van der Waals surface area (Å²) in [7, 11) is 1.81. The van der Waals surface area contributed by atoms with Gasteiger partial charge >= 0.3 is 0 Å². The Labute approximate surface area is 125 Å². The maximum Gasteiger partial charge on any atom is 0.257 e. The molecule has 0 aliphatic carbocycles. The zero-order valence-electron chi connectivity index (χ0n) is 12.8. The molecule has 1 aromatic carbocycles. The molecule has 0 aliphatic rings. The van der Waals surface area contributed by atoms with Crippen molar-refractivity contribution in [2.45, 2.75) is 20.4 Å². The Morgan fingerprint density at radius 1 is 1.24 bits per heavy atom. The molecule has 4 heteroatoms. The molecule has 1 aromatic heterocycles. The van der Waals surface area contributed by atoms with Gasteiger partial charge < -0.3 is 10.2 Å². The highest BCUT2D eigenvalue weighted by molar-refractivity contribution is 5.99. The number of carbonyl (C=O) groups excluding carboxylic acids is 1. The molecule has 0 saturated carbocycles. The highest BCUT2D eigenvalue weighted by Gasteiger charge is 2.16. The van der Waals surface area contributed by atoms with Gasteiger partial charge in [0.2, 0.25) is 0 Å². The third-order valence-corrected chi connectivity index (χ3v) is 3.31. The van der Waals surface area contributed by atoms with Crippen LogP contribution in [0.3, 0.4) is 0 Å². The van der Waals surface area contributed by atoms with E-state index in [0.717, 1.165) is 17.8 Å². The van der Waals surface area contributed by atoms with E-state index < -0.39 is 0 Å². The monoisotopic (exact) mass is 283 g/mol. The molecule has 0 spiro atoms. The van der Waals surface area contributed by atoms with Crippen molar-refractivity contribution in [3.05, 3.63) is 59.4 Å². The van der Waals surface area contributed by atoms with Gasteiger partial charge in [0.05, 0.1) is 11.3 Å². The second-order valence-electron chi connectivity index (χ2n) is 5.10. The second-order valence-corrected chi connectivity index (χ2v) is 5.10. The number of nitrogens with zero attached hydrogens (tertiary/aromatic N) is 2. The minimum atomic E-state index is -0.0281. The molecule has 2 rings (SSSR count). The second kappa shape index (κ2) is 6.88. The van der Waals surface area contributed by atoms with E-state index in [9.17, 15) is 4.79 Å². The van der Waals surface area contributed by atoms with Gasteiger partial charge in [0.15, 0.2) is 0 Å². The lowest BCUT2D eigenvalue weighted by molar-refractivity contribution is 0.0785. The lowest BCUT2D eigenvalue weighted by Gasteiger charge is -2.19. The molecule has 1 heterocycles. The Bertz CT molecular complexity index is 608. The first-order valence-electron chi connectivity index (χ1n) is 7.10. The van der Waals surface area contributed by atoms with Gasteiger partial charge in [-0.05, 0) is 25.5 Å². The molecule has 0 bridgehead atoms. The molecule has 21 heavy (non-hydrogen) atoms. The number of aromatic nitrogens is 1. The van der Waals surface area contributed by atoms with Crippen LogP contribution in [-0.4, -0.2) is 29.4 Å². The van der Waals surface area contributed by atoms with E-state index in [0.29, 0.717) is 12.1 Å². The summed E-state index contributed by atoms with van der Waals surface area (Å²) in [4.78, 5) is 18.3. The summed E-state index contributed by atoms with van der Waals surface area (Å²) in [6, 6.07) is 10.0. The molecule has 0 atom stereocenters. The molecule has 0 aliphatic heterocycles. The molecule has 4 nitrogen and oxygen atoms in total. The first-order chi connectivity index (χ1) is 10.1. The first kappa shape index (κ1) is 15.0. The predicted octanol–water partition coefficient (Wildman–Crippen LogP) is 3.09. The fourth-order valence-electron chi connectivity index (χ4n) is 2.15. The van der Waals surface area contributed by atoms with Crippen molar-refractivity contribution >= 4 is 11.6 Å². The van der Waals surface area contributed by atoms with Gasteiger partial charge in [-0.15, -0.1) is 0 Å². The fourth-order valence-corrected chi connectivity index (χ4v) is 2.15. The Hall–Kier alpha value is -2.36. The fraction of sp³-hybridized carbons (Fsp3) is 0.294. The largest absolute Gasteiger partial charge is 0.385 e. The van der Waals surface area contributed by atoms with E-state index in [1.165, 1.54) is 5.56 Å². The van der Waals surface area contributed by atoms with Crippen LogP contribution in [0.2, 0.25) is 0 Å². The average Bonchev–Trinajstić information content (AvgIpc) is 2.50. The minimum Gasteiger partial charge on any atom is -0.385 e. The van der Waals surface area contributed by atoms with Crippen LogP contribution in [0.1, 0.15) is 28.4 Å². The Kier molecular flexibility index (Phi) is 4.93. The van der Waals surface area contributed by atoms with E-state index in [1.54, 1.807) is 17.3 Å². The van der Waals surface area contributed by atoms with Crippen LogP contribution in [-0.2, 0) is 6.54 Å². The lowest BCUT2D eigenvalue weighted by atomic mass is 10.1. The van der Waals surface area contributed by atoms with Crippen molar-refractivity contribution < 1.29 is 4.79 Å². The van der Waals surface area contributed by atoms with E-state index >= 15 is 0 Å². The number of benzene rings is 1. The van der Waals surface area contributed by atoms with Gasteiger partial charge in [-0.25, -0.2) is 0 Å². The number of anilines is 1. The van der Waals surface area contributed by atoms with E-state index in [4.69, 9.17) is 0 Å². The summed E-state index contributed by atoms with van der Waals surface area (Å²) >= 11 is 0. The zero-order chi connectivity index (χ0) is 15.2. The van der Waals surface area contributed by atoms with Crippen molar-refractivity contribution in [1.82, 2.24) is 9.88 Å². The number of rotatable bonds is 5. The summed E-state index contributed by atoms with van der Waals surface area (Å²) in [6.07, 6.45) is 3.31. The van der Waals surface area contributed by atoms with Gasteiger partial charge in [-0.2, -0.15) is 0 Å². The van der Waals surface area contributed by atoms with Crippen LogP contribution in [0.25, 0.3) is 0 Å². The highest BCUT2D eigenvalue weighted by atomic mass is 16.2. The quantitative estimate of drug-likeness (QED) is 0.917. The molecular weight excluding hydrogens is 262 g/mol. The predicted molar refractivity (Wildman–Crippen MR) is 85.4 cm³/mol. The number of nitrogens with one attached hydrogen (secondary N) is 1. The Balaban J connectivity index is 2.13. The zero-order valence-corrected chi connectivity index (χ0v) is 12.8. The van der Waals surface area contributed by atoms with Crippen LogP contribution in [0.4, 0.5) is 5.69 Å². The molecule has 2 aromatic rings. The third kappa shape index (κ3) is 3.81. The summed E-state index contributed by atoms with van der Waals surface area (Å²) in [5.74, 6) is -0.0281. The van der Waals surface area contributed by atoms with Crippen molar-refractivity contribution in [2.75, 3.05) is 18.9 Å². The maximum atomic E-state index is 12.6. The van der Waals surface area contributed by atoms with Crippen molar-refractivity contribution in [3.63, 3.8) is 0 Å². The molecule has 110 valence electrons. The van der Waals surface area contributed by atoms with Crippen molar-refractivity contribution in [3.8, 4) is 0 Å². The average molecular weight is 283 g/mol. The molecule has 0 unspecified atom stereocenters. The smallest absolute Gasteiger partial charge is 0.257 e. The first-order valence-corrected chi connectivity index (χ1v) is 7.10. The van der Waals surface area contributed by atoms with Gasteiger partial charge in [0, 0.05) is 32.5 Å². The third-order valence-electron chi connectivity index (χ3n) is 3.31. The summed E-state index contributed by atoms with van der Waals surface area (Å²) in [6.45, 7) is 5.41. The van der Waals surface area contributed by atoms with Crippen LogP contribution in [0.15, 0.2) is 42.7 Å². The number of aryl methyl sites for hydroxylation is 1. The van der Waals surface area contributed by atoms with E-state index in [-0.39, 0.29) is 5.91 Å². The molecular formula is C17H21N3O. The normalized spacial score (nSPS) is 10.2. The molecule has 0 radical (unpaired) electrons. The topological polar surface area (TPSA) is 45.2 Å². The van der Waals surface area contributed by atoms with Gasteiger partial charge in [0.25, 0.3) is 5.91 Å². The Morgan fingerprint density at radius 2 is 1.95 bits per heavy atom. The minimum absolute atomic E-state index is 0.0281. The maximum absolute atomic E-state index is 12.6. The summed E-state index contributed by atoms with van der Waals surface area (Å²) < 4.78 is 0. The van der Waals surface area contributed by atoms with Crippen molar-refractivity contribution in [1.29, 1.82) is 0 Å². The number of hydrogen-bond donors (Lipinski definition) is 1. The Morgan fingerprint density at radius 3 is 2.62 bits per heavy atom. The number of hydrogen-bond acceptors (Lipinski definition) is 3. The molecule has 0 fully saturated rings. The SMILES string of the molecule is CCNc1ccncc1C(=O)N(C)Cc1ccc(C)cc1. The molecule has 1 amide bonds. The van der Waals surface area contributed by atoms with Crippen LogP contribution in [0, 0.1) is 6.92 Å². The molecule has 0 saturated heterocycles. The molecule has 1 N–H and O–H groups in total. The summed E-state index contributed by atoms with van der Waals surface area (Å²) in [5, 5.41) is 3.20. The number of carbonyl (C=O) groups is 1.